The fourth-order valence-corrected chi connectivity index (χ4v) is 8.12. The highest BCUT2D eigenvalue weighted by atomic mass is 14.0. The molecule has 0 unspecified atom stereocenters. The van der Waals surface area contributed by atoms with Crippen molar-refractivity contribution in [3.05, 3.63) is 35.9 Å². The Morgan fingerprint density at radius 3 is 0.600 bits per heavy atom. The second kappa shape index (κ2) is 42.6. The molecule has 1 aromatic carbocycles. The molecule has 0 aromatic heterocycles. The predicted molar refractivity (Wildman–Crippen MR) is 230 cm³/mol. The van der Waals surface area contributed by atoms with Gasteiger partial charge in [0.25, 0.3) is 0 Å². The van der Waals surface area contributed by atoms with Crippen LogP contribution in [-0.4, -0.2) is 0 Å². The summed E-state index contributed by atoms with van der Waals surface area (Å²) in [5, 5.41) is 0. The monoisotopic (exact) mass is 695 g/mol. The van der Waals surface area contributed by atoms with E-state index >= 15 is 0 Å². The van der Waals surface area contributed by atoms with Gasteiger partial charge in [0.2, 0.25) is 0 Å². The second-order valence-corrected chi connectivity index (χ2v) is 16.7. The topological polar surface area (TPSA) is 0 Å². The summed E-state index contributed by atoms with van der Waals surface area (Å²) in [7, 11) is 0. The third kappa shape index (κ3) is 38.5. The standard InChI is InChI=1S/C50H94/c1-2-3-4-5-6-7-8-9-10-11-12-13-14-15-16-17-18-19-20-21-22-23-24-25-26-27-28-29-30-31-32-33-34-35-36-37-38-39-40-41-42-44-47-50-48-45-43-46-49-50/h43,45-46,48-49H,2-42,44,47H2,1H3. The molecule has 0 aliphatic heterocycles. The van der Waals surface area contributed by atoms with Crippen molar-refractivity contribution >= 4 is 0 Å². The van der Waals surface area contributed by atoms with Crippen molar-refractivity contribution in [1.29, 1.82) is 0 Å². The fourth-order valence-electron chi connectivity index (χ4n) is 8.12. The average Bonchev–Trinajstić information content (AvgIpc) is 3.14. The Balaban J connectivity index is 1.60. The van der Waals surface area contributed by atoms with Gasteiger partial charge in [0.1, 0.15) is 0 Å². The van der Waals surface area contributed by atoms with E-state index in [2.05, 4.69) is 37.3 Å². The Bertz CT molecular complexity index is 706. The summed E-state index contributed by atoms with van der Waals surface area (Å²) in [5.74, 6) is 0. The molecule has 0 saturated carbocycles. The number of benzene rings is 1. The quantitative estimate of drug-likeness (QED) is 0.0597. The summed E-state index contributed by atoms with van der Waals surface area (Å²) >= 11 is 0. The molecule has 0 atom stereocenters. The molecular weight excluding hydrogens is 601 g/mol. The maximum atomic E-state index is 2.31. The highest BCUT2D eigenvalue weighted by Gasteiger charge is 1.99. The first-order chi connectivity index (χ1) is 24.9. The van der Waals surface area contributed by atoms with Crippen LogP contribution in [0, 0.1) is 0 Å². The van der Waals surface area contributed by atoms with Crippen LogP contribution in [0.15, 0.2) is 30.3 Å². The molecule has 294 valence electrons. The van der Waals surface area contributed by atoms with Crippen LogP contribution < -0.4 is 0 Å². The molecule has 1 aromatic rings. The lowest BCUT2D eigenvalue weighted by molar-refractivity contribution is 0.509. The zero-order valence-electron chi connectivity index (χ0n) is 34.8. The number of hydrogen-bond acceptors (Lipinski definition) is 0. The molecule has 0 N–H and O–H groups in total. The normalized spacial score (nSPS) is 11.5. The molecule has 0 aliphatic rings. The summed E-state index contributed by atoms with van der Waals surface area (Å²) < 4.78 is 0. The van der Waals surface area contributed by atoms with E-state index in [1.807, 2.05) is 0 Å². The van der Waals surface area contributed by atoms with Crippen molar-refractivity contribution in [2.75, 3.05) is 0 Å². The van der Waals surface area contributed by atoms with Gasteiger partial charge in [0.05, 0.1) is 0 Å². The minimum atomic E-state index is 1.26. The summed E-state index contributed by atoms with van der Waals surface area (Å²) in [6.07, 6.45) is 63.3. The zero-order chi connectivity index (χ0) is 35.5. The summed E-state index contributed by atoms with van der Waals surface area (Å²) in [6, 6.07) is 11.0. The van der Waals surface area contributed by atoms with Crippen molar-refractivity contribution in [3.63, 3.8) is 0 Å². The molecule has 0 amide bonds. The van der Waals surface area contributed by atoms with E-state index < -0.39 is 0 Å². The van der Waals surface area contributed by atoms with Crippen molar-refractivity contribution in [3.8, 4) is 0 Å². The van der Waals surface area contributed by atoms with E-state index in [0.717, 1.165) is 0 Å². The number of rotatable bonds is 43. The van der Waals surface area contributed by atoms with Crippen molar-refractivity contribution in [2.24, 2.45) is 0 Å². The number of hydrogen-bond donors (Lipinski definition) is 0. The van der Waals surface area contributed by atoms with Gasteiger partial charge < -0.3 is 0 Å². The molecule has 0 saturated heterocycles. The van der Waals surface area contributed by atoms with Crippen LogP contribution in [0.4, 0.5) is 0 Å². The lowest BCUT2D eigenvalue weighted by atomic mass is 10.0. The first-order valence-corrected chi connectivity index (χ1v) is 24.0. The van der Waals surface area contributed by atoms with E-state index in [0.29, 0.717) is 0 Å². The predicted octanol–water partition coefficient (Wildman–Crippen LogP) is 18.6. The van der Waals surface area contributed by atoms with Crippen LogP contribution in [0.2, 0.25) is 0 Å². The van der Waals surface area contributed by atoms with Gasteiger partial charge in [-0.15, -0.1) is 0 Å². The van der Waals surface area contributed by atoms with E-state index in [-0.39, 0.29) is 0 Å². The first kappa shape index (κ1) is 47.2. The first-order valence-electron chi connectivity index (χ1n) is 24.0. The highest BCUT2D eigenvalue weighted by Crippen LogP contribution is 2.18. The van der Waals surface area contributed by atoms with Gasteiger partial charge in [-0.1, -0.05) is 301 Å². The maximum absolute atomic E-state index is 2.31. The summed E-state index contributed by atoms with van der Waals surface area (Å²) in [6.45, 7) is 2.31. The summed E-state index contributed by atoms with van der Waals surface area (Å²) in [5.41, 5.74) is 1.51. The number of unbranched alkanes of at least 4 members (excludes halogenated alkanes) is 41. The molecule has 50 heavy (non-hydrogen) atoms. The highest BCUT2D eigenvalue weighted by molar-refractivity contribution is 5.14. The van der Waals surface area contributed by atoms with Gasteiger partial charge in [-0.05, 0) is 18.4 Å². The number of aryl methyl sites for hydroxylation is 1. The third-order valence-electron chi connectivity index (χ3n) is 11.7. The molecular formula is C50H94. The van der Waals surface area contributed by atoms with E-state index in [1.165, 1.54) is 282 Å². The van der Waals surface area contributed by atoms with E-state index in [4.69, 9.17) is 0 Å². The van der Waals surface area contributed by atoms with Gasteiger partial charge in [-0.25, -0.2) is 0 Å². The molecule has 0 heterocycles. The van der Waals surface area contributed by atoms with Crippen LogP contribution in [0.25, 0.3) is 0 Å². The molecule has 0 nitrogen and oxygen atoms in total. The molecule has 0 radical (unpaired) electrons. The van der Waals surface area contributed by atoms with E-state index in [9.17, 15) is 0 Å². The molecule has 1 rings (SSSR count). The van der Waals surface area contributed by atoms with E-state index in [1.54, 1.807) is 0 Å². The SMILES string of the molecule is CCCCCCCCCCCCCCCCCCCCCCCCCCCCCCCCCCCCCCCCCCCCc1ccccc1. The molecule has 0 heteroatoms. The van der Waals surface area contributed by atoms with Crippen molar-refractivity contribution in [2.45, 2.75) is 283 Å². The minimum absolute atomic E-state index is 1.26. The Kier molecular flexibility index (Phi) is 40.3. The lowest BCUT2D eigenvalue weighted by Crippen LogP contribution is -1.86. The van der Waals surface area contributed by atoms with Crippen LogP contribution in [0.3, 0.4) is 0 Å². The van der Waals surface area contributed by atoms with Gasteiger partial charge in [0, 0.05) is 0 Å². The second-order valence-electron chi connectivity index (χ2n) is 16.7. The molecule has 0 aliphatic carbocycles. The average molecular weight is 695 g/mol. The zero-order valence-corrected chi connectivity index (χ0v) is 34.8. The van der Waals surface area contributed by atoms with Crippen LogP contribution in [-0.2, 0) is 6.42 Å². The van der Waals surface area contributed by atoms with Crippen LogP contribution in [0.5, 0.6) is 0 Å². The van der Waals surface area contributed by atoms with Gasteiger partial charge in [-0.3, -0.25) is 0 Å². The Hall–Kier alpha value is -0.780. The molecule has 0 fully saturated rings. The van der Waals surface area contributed by atoms with Gasteiger partial charge >= 0.3 is 0 Å². The van der Waals surface area contributed by atoms with Gasteiger partial charge in [-0.2, -0.15) is 0 Å². The van der Waals surface area contributed by atoms with Crippen LogP contribution in [0.1, 0.15) is 282 Å². The molecule has 0 bridgehead atoms. The Morgan fingerprint density at radius 1 is 0.220 bits per heavy atom. The summed E-state index contributed by atoms with van der Waals surface area (Å²) in [4.78, 5) is 0. The smallest absolute Gasteiger partial charge is 0.0279 e. The Morgan fingerprint density at radius 2 is 0.400 bits per heavy atom. The maximum Gasteiger partial charge on any atom is -0.0279 e. The lowest BCUT2D eigenvalue weighted by Gasteiger charge is -2.05. The molecule has 0 spiro atoms. The minimum Gasteiger partial charge on any atom is -0.0654 e. The van der Waals surface area contributed by atoms with Crippen LogP contribution >= 0.6 is 0 Å². The fraction of sp³-hybridized carbons (Fsp3) is 0.880. The Labute approximate surface area is 317 Å². The van der Waals surface area contributed by atoms with Crippen molar-refractivity contribution in [1.82, 2.24) is 0 Å². The van der Waals surface area contributed by atoms with Crippen molar-refractivity contribution < 1.29 is 0 Å². The van der Waals surface area contributed by atoms with Gasteiger partial charge in [0.15, 0.2) is 0 Å². The largest absolute Gasteiger partial charge is 0.0654 e. The third-order valence-corrected chi connectivity index (χ3v) is 11.7.